The molecule has 0 aliphatic carbocycles. The summed E-state index contributed by atoms with van der Waals surface area (Å²) in [5, 5.41) is 8.53. The van der Waals surface area contributed by atoms with E-state index in [4.69, 9.17) is 4.74 Å². The Bertz CT molecular complexity index is 552. The molecule has 0 radical (unpaired) electrons. The maximum absolute atomic E-state index is 12.4. The average Bonchev–Trinajstić information content (AvgIpc) is 2.98. The molecule has 3 atom stereocenters. The molecule has 1 heterocycles. The van der Waals surface area contributed by atoms with Crippen LogP contribution < -0.4 is 16.0 Å². The summed E-state index contributed by atoms with van der Waals surface area (Å²) in [6.45, 7) is 5.45. The quantitative estimate of drug-likeness (QED) is 0.726. The first-order valence-electron chi connectivity index (χ1n) is 8.22. The minimum atomic E-state index is -0.316. The van der Waals surface area contributed by atoms with Gasteiger partial charge in [0.25, 0.3) is 0 Å². The van der Waals surface area contributed by atoms with E-state index in [-0.39, 0.29) is 30.1 Å². The number of nitrogens with zero attached hydrogens (tertiary/aromatic N) is 1. The highest BCUT2D eigenvalue weighted by Gasteiger charge is 2.37. The Morgan fingerprint density at radius 1 is 1.29 bits per heavy atom. The van der Waals surface area contributed by atoms with E-state index in [1.54, 1.807) is 7.11 Å². The molecule has 7 nitrogen and oxygen atoms in total. The van der Waals surface area contributed by atoms with E-state index in [1.807, 2.05) is 49.1 Å². The summed E-state index contributed by atoms with van der Waals surface area (Å²) >= 11 is 0. The molecule has 2 unspecified atom stereocenters. The fraction of sp³-hybridized carbons (Fsp3) is 0.529. The van der Waals surface area contributed by atoms with E-state index >= 15 is 0 Å². The van der Waals surface area contributed by atoms with Crippen molar-refractivity contribution in [2.75, 3.05) is 32.1 Å². The Morgan fingerprint density at radius 2 is 2.00 bits per heavy atom. The van der Waals surface area contributed by atoms with Crippen molar-refractivity contribution < 1.29 is 14.3 Å². The van der Waals surface area contributed by atoms with Gasteiger partial charge in [-0.15, -0.1) is 0 Å². The lowest BCUT2D eigenvalue weighted by molar-refractivity contribution is -0.120. The number of para-hydroxylation sites is 1. The summed E-state index contributed by atoms with van der Waals surface area (Å²) in [6.07, 6.45) is -0.139. The van der Waals surface area contributed by atoms with Gasteiger partial charge in [-0.3, -0.25) is 9.69 Å². The van der Waals surface area contributed by atoms with E-state index in [1.165, 1.54) is 0 Å². The molecule has 132 valence electrons. The van der Waals surface area contributed by atoms with Gasteiger partial charge in [0.05, 0.1) is 18.2 Å². The predicted octanol–water partition coefficient (Wildman–Crippen LogP) is 1.03. The smallest absolute Gasteiger partial charge is 0.315 e. The molecule has 1 fully saturated rings. The van der Waals surface area contributed by atoms with Crippen molar-refractivity contribution in [2.45, 2.75) is 32.0 Å². The highest BCUT2D eigenvalue weighted by atomic mass is 16.5. The van der Waals surface area contributed by atoms with E-state index in [0.717, 1.165) is 5.69 Å². The molecule has 2 rings (SSSR count). The number of carbonyl (C=O) groups is 2. The Labute approximate surface area is 142 Å². The monoisotopic (exact) mass is 334 g/mol. The van der Waals surface area contributed by atoms with E-state index < -0.39 is 0 Å². The molecule has 1 aromatic carbocycles. The molecule has 0 bridgehead atoms. The average molecular weight is 334 g/mol. The van der Waals surface area contributed by atoms with Crippen molar-refractivity contribution in [3.8, 4) is 0 Å². The second-order valence-electron chi connectivity index (χ2n) is 5.87. The van der Waals surface area contributed by atoms with Crippen LogP contribution in [0.4, 0.5) is 10.5 Å². The zero-order chi connectivity index (χ0) is 17.5. The molecule has 0 spiro atoms. The number of methoxy groups -OCH3 is 1. The summed E-state index contributed by atoms with van der Waals surface area (Å²) in [5.41, 5.74) is 0.772. The van der Waals surface area contributed by atoms with Gasteiger partial charge in [-0.25, -0.2) is 4.79 Å². The highest BCUT2D eigenvalue weighted by molar-refractivity contribution is 5.94. The fourth-order valence-corrected chi connectivity index (χ4v) is 2.81. The molecular formula is C17H26N4O3. The second-order valence-corrected chi connectivity index (χ2v) is 5.87. The largest absolute Gasteiger partial charge is 0.378 e. The molecule has 0 aromatic heterocycles. The van der Waals surface area contributed by atoms with Crippen molar-refractivity contribution >= 4 is 17.6 Å². The van der Waals surface area contributed by atoms with Crippen LogP contribution in [0.5, 0.6) is 0 Å². The molecule has 1 aliphatic heterocycles. The fourth-order valence-electron chi connectivity index (χ4n) is 2.81. The number of urea groups is 1. The third-order valence-corrected chi connectivity index (χ3v) is 4.22. The molecule has 1 aromatic rings. The first-order valence-corrected chi connectivity index (χ1v) is 8.22. The van der Waals surface area contributed by atoms with Crippen LogP contribution in [0.25, 0.3) is 0 Å². The molecule has 24 heavy (non-hydrogen) atoms. The number of hydrogen-bond acceptors (Lipinski definition) is 4. The van der Waals surface area contributed by atoms with Crippen LogP contribution in [0.2, 0.25) is 0 Å². The number of anilines is 1. The molecular weight excluding hydrogens is 308 g/mol. The Balaban J connectivity index is 1.93. The number of nitrogens with one attached hydrogen (secondary N) is 3. The van der Waals surface area contributed by atoms with Gasteiger partial charge < -0.3 is 20.7 Å². The van der Waals surface area contributed by atoms with Crippen molar-refractivity contribution in [3.05, 3.63) is 30.3 Å². The van der Waals surface area contributed by atoms with Crippen molar-refractivity contribution in [1.29, 1.82) is 0 Å². The van der Waals surface area contributed by atoms with Crippen LogP contribution in [-0.4, -0.2) is 61.8 Å². The van der Waals surface area contributed by atoms with Crippen molar-refractivity contribution in [2.24, 2.45) is 0 Å². The Hall–Kier alpha value is -2.12. The van der Waals surface area contributed by atoms with E-state index in [0.29, 0.717) is 19.6 Å². The highest BCUT2D eigenvalue weighted by Crippen LogP contribution is 2.17. The number of ether oxygens (including phenoxy) is 1. The van der Waals surface area contributed by atoms with Gasteiger partial charge in [0, 0.05) is 32.4 Å². The minimum absolute atomic E-state index is 0.0743. The standard InChI is InChI=1S/C17H26N4O3/c1-4-18-17(23)20-14-10-21(11-15(14)24-3)12(2)16(22)19-13-8-6-5-7-9-13/h5-9,12,14-15H,4,10-11H2,1-3H3,(H,19,22)(H2,18,20,23)/t12?,14?,15-/m0/s1. The number of amides is 3. The SMILES string of the molecule is CCNC(=O)NC1CN(C(C)C(=O)Nc2ccccc2)C[C@@H]1OC. The molecule has 0 saturated carbocycles. The summed E-state index contributed by atoms with van der Waals surface area (Å²) in [6, 6.07) is 8.69. The molecule has 3 amide bonds. The summed E-state index contributed by atoms with van der Waals surface area (Å²) in [7, 11) is 1.62. The minimum Gasteiger partial charge on any atom is -0.378 e. The number of rotatable bonds is 6. The van der Waals surface area contributed by atoms with Gasteiger partial charge in [0.15, 0.2) is 0 Å². The number of likely N-dealkylation sites (tertiary alicyclic amines) is 1. The van der Waals surface area contributed by atoms with Gasteiger partial charge >= 0.3 is 6.03 Å². The molecule has 7 heteroatoms. The summed E-state index contributed by atoms with van der Waals surface area (Å²) < 4.78 is 5.47. The van der Waals surface area contributed by atoms with Gasteiger partial charge in [-0.2, -0.15) is 0 Å². The maximum atomic E-state index is 12.4. The summed E-state index contributed by atoms with van der Waals surface area (Å²) in [5.74, 6) is -0.0743. The third kappa shape index (κ3) is 4.69. The zero-order valence-corrected chi connectivity index (χ0v) is 14.4. The van der Waals surface area contributed by atoms with Crippen LogP contribution in [0, 0.1) is 0 Å². The van der Waals surface area contributed by atoms with Crippen LogP contribution in [-0.2, 0) is 9.53 Å². The Kier molecular flexibility index (Phi) is 6.57. The lowest BCUT2D eigenvalue weighted by Crippen LogP contribution is -2.48. The molecule has 3 N–H and O–H groups in total. The van der Waals surface area contributed by atoms with Crippen molar-refractivity contribution in [1.82, 2.24) is 15.5 Å². The number of benzene rings is 1. The number of hydrogen-bond donors (Lipinski definition) is 3. The van der Waals surface area contributed by atoms with Gasteiger partial charge in [-0.1, -0.05) is 18.2 Å². The third-order valence-electron chi connectivity index (χ3n) is 4.22. The van der Waals surface area contributed by atoms with Crippen LogP contribution in [0.15, 0.2) is 30.3 Å². The summed E-state index contributed by atoms with van der Waals surface area (Å²) in [4.78, 5) is 26.2. The van der Waals surface area contributed by atoms with Crippen LogP contribution in [0.3, 0.4) is 0 Å². The predicted molar refractivity (Wildman–Crippen MR) is 92.9 cm³/mol. The zero-order valence-electron chi connectivity index (χ0n) is 14.4. The topological polar surface area (TPSA) is 82.7 Å². The Morgan fingerprint density at radius 3 is 2.62 bits per heavy atom. The lowest BCUT2D eigenvalue weighted by Gasteiger charge is -2.23. The first-order chi connectivity index (χ1) is 11.5. The second kappa shape index (κ2) is 8.65. The maximum Gasteiger partial charge on any atom is 0.315 e. The van der Waals surface area contributed by atoms with Gasteiger partial charge in [0.1, 0.15) is 0 Å². The molecule has 1 saturated heterocycles. The van der Waals surface area contributed by atoms with Crippen LogP contribution >= 0.6 is 0 Å². The van der Waals surface area contributed by atoms with Crippen molar-refractivity contribution in [3.63, 3.8) is 0 Å². The van der Waals surface area contributed by atoms with Gasteiger partial charge in [0.2, 0.25) is 5.91 Å². The van der Waals surface area contributed by atoms with Crippen LogP contribution in [0.1, 0.15) is 13.8 Å². The molecule has 1 aliphatic rings. The first kappa shape index (κ1) is 18.2. The number of carbonyl (C=O) groups excluding carboxylic acids is 2. The van der Waals surface area contributed by atoms with E-state index in [9.17, 15) is 9.59 Å². The normalized spacial score (nSPS) is 22.0. The van der Waals surface area contributed by atoms with E-state index in [2.05, 4.69) is 16.0 Å². The van der Waals surface area contributed by atoms with Gasteiger partial charge in [-0.05, 0) is 26.0 Å². The lowest BCUT2D eigenvalue weighted by atomic mass is 10.2.